The van der Waals surface area contributed by atoms with E-state index in [0.29, 0.717) is 19.5 Å². The number of aliphatic carboxylic acids is 1. The average Bonchev–Trinajstić information content (AvgIpc) is 3.01. The van der Waals surface area contributed by atoms with E-state index in [9.17, 15) is 14.7 Å². The van der Waals surface area contributed by atoms with Crippen LogP contribution in [0.5, 0.6) is 0 Å². The Morgan fingerprint density at radius 2 is 2.12 bits per heavy atom. The fraction of sp³-hybridized carbons (Fsp3) is 0.500. The van der Waals surface area contributed by atoms with Gasteiger partial charge >= 0.3 is 12.0 Å². The molecule has 25 heavy (non-hydrogen) atoms. The van der Waals surface area contributed by atoms with Crippen LogP contribution in [-0.2, 0) is 11.3 Å². The fourth-order valence-electron chi connectivity index (χ4n) is 3.44. The Balaban J connectivity index is 1.47. The molecule has 0 spiro atoms. The second kappa shape index (κ2) is 7.55. The molecule has 2 N–H and O–H groups in total. The highest BCUT2D eigenvalue weighted by atomic mass is 16.4. The molecule has 0 radical (unpaired) electrons. The normalized spacial score (nSPS) is 20.6. The van der Waals surface area contributed by atoms with Crippen molar-refractivity contribution in [2.24, 2.45) is 11.8 Å². The molecule has 1 aliphatic rings. The van der Waals surface area contributed by atoms with E-state index in [1.54, 1.807) is 4.90 Å². The lowest BCUT2D eigenvalue weighted by atomic mass is 9.91. The molecule has 1 aliphatic heterocycles. The van der Waals surface area contributed by atoms with E-state index in [0.717, 1.165) is 24.0 Å². The molecule has 1 aromatic heterocycles. The predicted molar refractivity (Wildman–Crippen MR) is 94.2 cm³/mol. The number of aryl methyl sites for hydroxylation is 1. The molecule has 2 atom stereocenters. The summed E-state index contributed by atoms with van der Waals surface area (Å²) in [5.74, 6) is -1.08. The number of hydrogen-bond acceptors (Lipinski definition) is 3. The van der Waals surface area contributed by atoms with E-state index in [1.807, 2.05) is 37.5 Å². The van der Waals surface area contributed by atoms with Crippen LogP contribution in [0.2, 0.25) is 0 Å². The number of hydrogen-bond donors (Lipinski definition) is 2. The van der Waals surface area contributed by atoms with Crippen molar-refractivity contribution in [1.82, 2.24) is 19.8 Å². The Morgan fingerprint density at radius 1 is 1.32 bits per heavy atom. The van der Waals surface area contributed by atoms with Crippen LogP contribution in [-0.4, -0.2) is 51.2 Å². The number of imidazole rings is 1. The second-order valence-corrected chi connectivity index (χ2v) is 6.79. The smallest absolute Gasteiger partial charge is 0.317 e. The third kappa shape index (κ3) is 4.10. The number of para-hydroxylation sites is 2. The molecule has 1 aromatic carbocycles. The van der Waals surface area contributed by atoms with Gasteiger partial charge in [0.05, 0.1) is 23.3 Å². The zero-order valence-electron chi connectivity index (χ0n) is 14.4. The molecule has 134 valence electrons. The minimum absolute atomic E-state index is 0.173. The van der Waals surface area contributed by atoms with Crippen molar-refractivity contribution >= 4 is 23.0 Å². The lowest BCUT2D eigenvalue weighted by Crippen LogP contribution is -2.49. The van der Waals surface area contributed by atoms with E-state index in [2.05, 4.69) is 14.9 Å². The van der Waals surface area contributed by atoms with E-state index in [-0.39, 0.29) is 18.5 Å². The first-order valence-corrected chi connectivity index (χ1v) is 8.70. The molecule has 2 heterocycles. The summed E-state index contributed by atoms with van der Waals surface area (Å²) in [5, 5.41) is 12.1. The number of piperidine rings is 1. The van der Waals surface area contributed by atoms with Crippen molar-refractivity contribution in [3.8, 4) is 0 Å². The van der Waals surface area contributed by atoms with Crippen molar-refractivity contribution in [1.29, 1.82) is 0 Å². The highest BCUT2D eigenvalue weighted by Gasteiger charge is 2.31. The zero-order chi connectivity index (χ0) is 17.8. The summed E-state index contributed by atoms with van der Waals surface area (Å²) in [7, 11) is 0. The number of rotatable bonds is 5. The average molecular weight is 344 g/mol. The molecule has 2 aromatic rings. The highest BCUT2D eigenvalue weighted by molar-refractivity contribution is 5.76. The highest BCUT2D eigenvalue weighted by Crippen LogP contribution is 2.21. The molecule has 0 bridgehead atoms. The number of carboxylic acids is 1. The van der Waals surface area contributed by atoms with Gasteiger partial charge in [0.2, 0.25) is 0 Å². The third-order valence-corrected chi connectivity index (χ3v) is 4.68. The van der Waals surface area contributed by atoms with Gasteiger partial charge in [0.25, 0.3) is 0 Å². The second-order valence-electron chi connectivity index (χ2n) is 6.79. The maximum absolute atomic E-state index is 12.3. The van der Waals surface area contributed by atoms with E-state index < -0.39 is 11.9 Å². The van der Waals surface area contributed by atoms with Gasteiger partial charge in [-0.05, 0) is 30.9 Å². The van der Waals surface area contributed by atoms with Gasteiger partial charge in [0.1, 0.15) is 0 Å². The summed E-state index contributed by atoms with van der Waals surface area (Å²) >= 11 is 0. The summed E-state index contributed by atoms with van der Waals surface area (Å²) < 4.78 is 2.07. The van der Waals surface area contributed by atoms with Gasteiger partial charge in [-0.3, -0.25) is 4.79 Å². The van der Waals surface area contributed by atoms with Crippen molar-refractivity contribution in [3.63, 3.8) is 0 Å². The number of nitrogens with zero attached hydrogens (tertiary/aromatic N) is 3. The van der Waals surface area contributed by atoms with Crippen LogP contribution in [0.1, 0.15) is 19.8 Å². The van der Waals surface area contributed by atoms with Gasteiger partial charge in [-0.25, -0.2) is 9.78 Å². The summed E-state index contributed by atoms with van der Waals surface area (Å²) in [4.78, 5) is 29.5. The third-order valence-electron chi connectivity index (χ3n) is 4.68. The largest absolute Gasteiger partial charge is 0.481 e. The number of carbonyl (C=O) groups excluding carboxylic acids is 1. The molecular formula is C18H24N4O3. The summed E-state index contributed by atoms with van der Waals surface area (Å²) in [6.07, 6.45) is 3.24. The van der Waals surface area contributed by atoms with Gasteiger partial charge in [-0.1, -0.05) is 19.1 Å². The van der Waals surface area contributed by atoms with Crippen LogP contribution in [0.15, 0.2) is 30.6 Å². The van der Waals surface area contributed by atoms with Gasteiger partial charge in [-0.2, -0.15) is 0 Å². The van der Waals surface area contributed by atoms with Crippen LogP contribution >= 0.6 is 0 Å². The Bertz CT molecular complexity index is 758. The molecule has 7 nitrogen and oxygen atoms in total. The van der Waals surface area contributed by atoms with Crippen molar-refractivity contribution < 1.29 is 14.7 Å². The monoisotopic (exact) mass is 344 g/mol. The Labute approximate surface area is 146 Å². The standard InChI is InChI=1S/C18H24N4O3/c1-13-9-14(17(23)24)11-22(10-13)18(25)19-7-4-8-21-12-20-15-5-2-3-6-16(15)21/h2-3,5-6,12-14H,4,7-11H2,1H3,(H,19,25)(H,23,24). The quantitative estimate of drug-likeness (QED) is 0.814. The van der Waals surface area contributed by atoms with Crippen LogP contribution in [0.3, 0.4) is 0 Å². The molecule has 1 saturated heterocycles. The maximum Gasteiger partial charge on any atom is 0.317 e. The first-order chi connectivity index (χ1) is 12.0. The van der Waals surface area contributed by atoms with Crippen LogP contribution in [0.25, 0.3) is 11.0 Å². The Hall–Kier alpha value is -2.57. The number of benzene rings is 1. The van der Waals surface area contributed by atoms with Crippen LogP contribution < -0.4 is 5.32 Å². The maximum atomic E-state index is 12.3. The van der Waals surface area contributed by atoms with Crippen LogP contribution in [0, 0.1) is 11.8 Å². The summed E-state index contributed by atoms with van der Waals surface area (Å²) in [6.45, 7) is 4.21. The summed E-state index contributed by atoms with van der Waals surface area (Å²) in [5.41, 5.74) is 2.05. The number of carbonyl (C=O) groups is 2. The Kier molecular flexibility index (Phi) is 5.21. The van der Waals surface area contributed by atoms with Crippen molar-refractivity contribution in [2.45, 2.75) is 26.3 Å². The first kappa shape index (κ1) is 17.3. The lowest BCUT2D eigenvalue weighted by Gasteiger charge is -2.34. The van der Waals surface area contributed by atoms with Gasteiger partial charge in [-0.15, -0.1) is 0 Å². The Morgan fingerprint density at radius 3 is 2.92 bits per heavy atom. The molecule has 1 fully saturated rings. The molecule has 7 heteroatoms. The molecule has 3 rings (SSSR count). The molecule has 2 unspecified atom stereocenters. The lowest BCUT2D eigenvalue weighted by molar-refractivity contribution is -0.143. The van der Waals surface area contributed by atoms with Crippen molar-refractivity contribution in [2.75, 3.05) is 19.6 Å². The van der Waals surface area contributed by atoms with E-state index in [4.69, 9.17) is 0 Å². The van der Waals surface area contributed by atoms with Gasteiger partial charge < -0.3 is 19.9 Å². The molecule has 0 saturated carbocycles. The van der Waals surface area contributed by atoms with E-state index >= 15 is 0 Å². The molecule has 2 amide bonds. The fourth-order valence-corrected chi connectivity index (χ4v) is 3.44. The molecular weight excluding hydrogens is 320 g/mol. The minimum Gasteiger partial charge on any atom is -0.481 e. The number of aromatic nitrogens is 2. The van der Waals surface area contributed by atoms with Gasteiger partial charge in [0.15, 0.2) is 0 Å². The topological polar surface area (TPSA) is 87.5 Å². The van der Waals surface area contributed by atoms with Crippen molar-refractivity contribution in [3.05, 3.63) is 30.6 Å². The number of carboxylic acid groups (broad SMARTS) is 1. The first-order valence-electron chi connectivity index (χ1n) is 8.70. The number of likely N-dealkylation sites (tertiary alicyclic amines) is 1. The van der Waals surface area contributed by atoms with E-state index in [1.165, 1.54) is 0 Å². The minimum atomic E-state index is -0.823. The number of nitrogens with one attached hydrogen (secondary N) is 1. The zero-order valence-corrected chi connectivity index (χ0v) is 14.4. The molecule has 0 aliphatic carbocycles. The van der Waals surface area contributed by atoms with Crippen LogP contribution in [0.4, 0.5) is 4.79 Å². The SMILES string of the molecule is CC1CC(C(=O)O)CN(C(=O)NCCCn2cnc3ccccc32)C1. The predicted octanol–water partition coefficient (Wildman–Crippen LogP) is 2.18. The number of fused-ring (bicyclic) bond motifs is 1. The summed E-state index contributed by atoms with van der Waals surface area (Å²) in [6, 6.07) is 7.78. The number of amides is 2. The number of urea groups is 1. The van der Waals surface area contributed by atoms with Gasteiger partial charge in [0, 0.05) is 26.2 Å².